The van der Waals surface area contributed by atoms with Gasteiger partial charge in [-0.15, -0.1) is 0 Å². The SMILES string of the molecule is COCCC(C)(C)CNc1snc(N)c1C(=O)NC(C)C. The molecule has 0 aliphatic heterocycles. The Labute approximate surface area is 130 Å². The van der Waals surface area contributed by atoms with E-state index in [1.807, 2.05) is 13.8 Å². The molecule has 7 heteroatoms. The summed E-state index contributed by atoms with van der Waals surface area (Å²) in [6, 6.07) is 0.0581. The second-order valence-corrected chi connectivity index (χ2v) is 6.93. The Bertz CT molecular complexity index is 472. The molecule has 0 saturated heterocycles. The summed E-state index contributed by atoms with van der Waals surface area (Å²) in [5, 5.41) is 6.86. The molecule has 0 bridgehead atoms. The number of rotatable bonds is 8. The standard InChI is InChI=1S/C14H26N4O2S/c1-9(2)17-12(19)10-11(15)18-21-13(10)16-8-14(3,4)6-7-20-5/h9,16H,6-8H2,1-5H3,(H2,15,18)(H,17,19). The van der Waals surface area contributed by atoms with Crippen LogP contribution in [0.1, 0.15) is 44.5 Å². The van der Waals surface area contributed by atoms with Crippen LogP contribution in [0.5, 0.6) is 0 Å². The Morgan fingerprint density at radius 2 is 2.14 bits per heavy atom. The van der Waals surface area contributed by atoms with Crippen molar-refractivity contribution >= 4 is 28.3 Å². The fourth-order valence-corrected chi connectivity index (χ4v) is 2.47. The third-order valence-electron chi connectivity index (χ3n) is 3.08. The second-order valence-electron chi connectivity index (χ2n) is 6.16. The largest absolute Gasteiger partial charge is 0.385 e. The number of anilines is 2. The van der Waals surface area contributed by atoms with Gasteiger partial charge in [-0.3, -0.25) is 4.79 Å². The predicted octanol–water partition coefficient (Wildman–Crippen LogP) is 2.34. The fraction of sp³-hybridized carbons (Fsp3) is 0.714. The number of nitrogens with zero attached hydrogens (tertiary/aromatic N) is 1. The van der Waals surface area contributed by atoms with Gasteiger partial charge < -0.3 is 21.1 Å². The number of methoxy groups -OCH3 is 1. The van der Waals surface area contributed by atoms with Crippen LogP contribution in [0.3, 0.4) is 0 Å². The number of hydrogen-bond donors (Lipinski definition) is 3. The minimum absolute atomic E-state index is 0.0561. The van der Waals surface area contributed by atoms with Gasteiger partial charge in [0, 0.05) is 26.3 Å². The molecular weight excluding hydrogens is 288 g/mol. The lowest BCUT2D eigenvalue weighted by Gasteiger charge is -2.24. The number of amides is 1. The maximum absolute atomic E-state index is 12.2. The zero-order chi connectivity index (χ0) is 16.0. The maximum Gasteiger partial charge on any atom is 0.258 e. The zero-order valence-electron chi connectivity index (χ0n) is 13.4. The van der Waals surface area contributed by atoms with Crippen molar-refractivity contribution < 1.29 is 9.53 Å². The smallest absolute Gasteiger partial charge is 0.258 e. The highest BCUT2D eigenvalue weighted by atomic mass is 32.1. The molecule has 0 aromatic carbocycles. The summed E-state index contributed by atoms with van der Waals surface area (Å²) in [4.78, 5) is 12.2. The summed E-state index contributed by atoms with van der Waals surface area (Å²) in [5.74, 6) is 0.0868. The topological polar surface area (TPSA) is 89.3 Å². The zero-order valence-corrected chi connectivity index (χ0v) is 14.3. The number of nitrogens with one attached hydrogen (secondary N) is 2. The Morgan fingerprint density at radius 1 is 1.48 bits per heavy atom. The van der Waals surface area contributed by atoms with E-state index >= 15 is 0 Å². The van der Waals surface area contributed by atoms with Crippen LogP contribution >= 0.6 is 11.5 Å². The van der Waals surface area contributed by atoms with Crippen LogP contribution in [0, 0.1) is 5.41 Å². The van der Waals surface area contributed by atoms with E-state index in [4.69, 9.17) is 10.5 Å². The monoisotopic (exact) mass is 314 g/mol. The first kappa shape index (κ1) is 17.7. The van der Waals surface area contributed by atoms with Crippen LogP contribution in [-0.4, -0.2) is 36.6 Å². The first-order valence-corrected chi connectivity index (χ1v) is 7.83. The van der Waals surface area contributed by atoms with Crippen molar-refractivity contribution in [3.8, 4) is 0 Å². The quantitative estimate of drug-likeness (QED) is 0.685. The molecule has 6 nitrogen and oxygen atoms in total. The van der Waals surface area contributed by atoms with Crippen molar-refractivity contribution in [2.75, 3.05) is 31.3 Å². The van der Waals surface area contributed by atoms with Gasteiger partial charge in [0.25, 0.3) is 5.91 Å². The van der Waals surface area contributed by atoms with Gasteiger partial charge in [-0.2, -0.15) is 4.37 Å². The van der Waals surface area contributed by atoms with Gasteiger partial charge in [-0.1, -0.05) is 13.8 Å². The highest BCUT2D eigenvalue weighted by Crippen LogP contribution is 2.29. The maximum atomic E-state index is 12.2. The number of hydrogen-bond acceptors (Lipinski definition) is 6. The second kappa shape index (κ2) is 7.61. The van der Waals surface area contributed by atoms with E-state index in [-0.39, 0.29) is 23.2 Å². The van der Waals surface area contributed by atoms with Crippen LogP contribution in [0.25, 0.3) is 0 Å². The normalized spacial score (nSPS) is 11.7. The van der Waals surface area contributed by atoms with Crippen molar-refractivity contribution in [3.63, 3.8) is 0 Å². The van der Waals surface area contributed by atoms with Crippen LogP contribution in [0.2, 0.25) is 0 Å². The van der Waals surface area contributed by atoms with Crippen LogP contribution in [0.15, 0.2) is 0 Å². The number of nitrogens with two attached hydrogens (primary N) is 1. The van der Waals surface area contributed by atoms with E-state index in [2.05, 4.69) is 28.9 Å². The lowest BCUT2D eigenvalue weighted by Crippen LogP contribution is -2.31. The van der Waals surface area contributed by atoms with Gasteiger partial charge in [0.15, 0.2) is 5.82 Å². The molecule has 0 fully saturated rings. The summed E-state index contributed by atoms with van der Waals surface area (Å²) in [6.45, 7) is 9.55. The van der Waals surface area contributed by atoms with Crippen molar-refractivity contribution in [2.45, 2.75) is 40.2 Å². The third kappa shape index (κ3) is 5.51. The molecule has 0 saturated carbocycles. The van der Waals surface area contributed by atoms with E-state index in [9.17, 15) is 4.79 Å². The highest BCUT2D eigenvalue weighted by molar-refractivity contribution is 7.11. The summed E-state index contributed by atoms with van der Waals surface area (Å²) in [5.41, 5.74) is 6.31. The van der Waals surface area contributed by atoms with Crippen molar-refractivity contribution in [1.29, 1.82) is 0 Å². The molecule has 0 aliphatic carbocycles. The molecule has 120 valence electrons. The number of aromatic nitrogens is 1. The summed E-state index contributed by atoms with van der Waals surface area (Å²) >= 11 is 1.22. The molecule has 21 heavy (non-hydrogen) atoms. The van der Waals surface area contributed by atoms with Crippen LogP contribution < -0.4 is 16.4 Å². The Kier molecular flexibility index (Phi) is 6.42. The molecule has 1 heterocycles. The van der Waals surface area contributed by atoms with E-state index in [1.165, 1.54) is 11.5 Å². The molecule has 1 rings (SSSR count). The van der Waals surface area contributed by atoms with Gasteiger partial charge in [-0.25, -0.2) is 0 Å². The molecule has 4 N–H and O–H groups in total. The van der Waals surface area contributed by atoms with Crippen LogP contribution in [-0.2, 0) is 4.74 Å². The minimum atomic E-state index is -0.187. The molecule has 0 atom stereocenters. The molecule has 0 radical (unpaired) electrons. The Morgan fingerprint density at radius 3 is 2.71 bits per heavy atom. The van der Waals surface area contributed by atoms with E-state index in [0.717, 1.165) is 18.0 Å². The third-order valence-corrected chi connectivity index (χ3v) is 3.89. The van der Waals surface area contributed by atoms with Gasteiger partial charge >= 0.3 is 0 Å². The molecule has 1 aromatic rings. The van der Waals surface area contributed by atoms with Crippen molar-refractivity contribution in [3.05, 3.63) is 5.56 Å². The fourth-order valence-electron chi connectivity index (χ4n) is 1.76. The molecule has 0 unspecified atom stereocenters. The number of carbonyl (C=O) groups excluding carboxylic acids is 1. The van der Waals surface area contributed by atoms with Gasteiger partial charge in [0.2, 0.25) is 0 Å². The van der Waals surface area contributed by atoms with E-state index in [1.54, 1.807) is 7.11 Å². The average molecular weight is 314 g/mol. The average Bonchev–Trinajstić information content (AvgIpc) is 2.75. The Balaban J connectivity index is 2.74. The minimum Gasteiger partial charge on any atom is -0.385 e. The molecule has 1 amide bonds. The summed E-state index contributed by atoms with van der Waals surface area (Å²) in [6.07, 6.45) is 0.929. The molecule has 0 aliphatic rings. The summed E-state index contributed by atoms with van der Waals surface area (Å²) < 4.78 is 9.20. The lowest BCUT2D eigenvalue weighted by atomic mass is 9.90. The molecular formula is C14H26N4O2S. The van der Waals surface area contributed by atoms with E-state index < -0.39 is 0 Å². The number of nitrogen functional groups attached to an aromatic ring is 1. The number of ether oxygens (including phenoxy) is 1. The predicted molar refractivity (Wildman–Crippen MR) is 87.9 cm³/mol. The molecule has 1 aromatic heterocycles. The first-order valence-electron chi connectivity index (χ1n) is 7.05. The van der Waals surface area contributed by atoms with Crippen LogP contribution in [0.4, 0.5) is 10.8 Å². The highest BCUT2D eigenvalue weighted by Gasteiger charge is 2.23. The molecule has 0 spiro atoms. The van der Waals surface area contributed by atoms with Gasteiger partial charge in [0.05, 0.1) is 0 Å². The first-order chi connectivity index (χ1) is 9.76. The van der Waals surface area contributed by atoms with Crippen molar-refractivity contribution in [1.82, 2.24) is 9.69 Å². The van der Waals surface area contributed by atoms with Gasteiger partial charge in [-0.05, 0) is 37.2 Å². The Hall–Kier alpha value is -1.34. The van der Waals surface area contributed by atoms with E-state index in [0.29, 0.717) is 12.2 Å². The number of carbonyl (C=O) groups is 1. The lowest BCUT2D eigenvalue weighted by molar-refractivity contribution is 0.0945. The van der Waals surface area contributed by atoms with Gasteiger partial charge in [0.1, 0.15) is 10.6 Å². The summed E-state index contributed by atoms with van der Waals surface area (Å²) in [7, 11) is 1.70. The van der Waals surface area contributed by atoms with Crippen molar-refractivity contribution in [2.24, 2.45) is 5.41 Å².